The molecule has 124 valence electrons. The second-order valence-corrected chi connectivity index (χ2v) is 7.18. The van der Waals surface area contributed by atoms with Crippen LogP contribution in [0.15, 0.2) is 28.7 Å². The predicted octanol–water partition coefficient (Wildman–Crippen LogP) is 3.71. The summed E-state index contributed by atoms with van der Waals surface area (Å²) >= 11 is 3.50. The lowest BCUT2D eigenvalue weighted by atomic mass is 9.96. The predicted molar refractivity (Wildman–Crippen MR) is 97.1 cm³/mol. The second kappa shape index (κ2) is 9.11. The average Bonchev–Trinajstić information content (AvgIpc) is 2.50. The van der Waals surface area contributed by atoms with E-state index >= 15 is 0 Å². The lowest BCUT2D eigenvalue weighted by Gasteiger charge is -2.35. The molecule has 5 heteroatoms. The minimum atomic E-state index is 0. The molecule has 0 saturated carbocycles. The monoisotopic (exact) mass is 388 g/mol. The van der Waals surface area contributed by atoms with Gasteiger partial charge in [-0.1, -0.05) is 22.0 Å². The first-order valence-corrected chi connectivity index (χ1v) is 8.94. The van der Waals surface area contributed by atoms with E-state index < -0.39 is 0 Å². The number of halogens is 2. The highest BCUT2D eigenvalue weighted by Gasteiger charge is 2.23. The van der Waals surface area contributed by atoms with Crippen LogP contribution in [0.1, 0.15) is 25.7 Å². The maximum Gasteiger partial charge on any atom is 0.120 e. The molecule has 1 aromatic carbocycles. The average molecular weight is 390 g/mol. The smallest absolute Gasteiger partial charge is 0.120 e. The van der Waals surface area contributed by atoms with E-state index in [0.717, 1.165) is 29.0 Å². The van der Waals surface area contributed by atoms with E-state index in [-0.39, 0.29) is 12.4 Å². The van der Waals surface area contributed by atoms with Gasteiger partial charge in [0.05, 0.1) is 0 Å². The lowest BCUT2D eigenvalue weighted by molar-refractivity contribution is 0.0872. The number of nitrogens with one attached hydrogen (secondary N) is 1. The Morgan fingerprint density at radius 3 is 2.55 bits per heavy atom. The third-order valence-electron chi connectivity index (χ3n) is 4.61. The first-order chi connectivity index (χ1) is 10.3. The minimum absolute atomic E-state index is 0. The van der Waals surface area contributed by atoms with Crippen LogP contribution in [-0.4, -0.2) is 43.7 Å². The van der Waals surface area contributed by atoms with Gasteiger partial charge in [-0.3, -0.25) is 0 Å². The van der Waals surface area contributed by atoms with Gasteiger partial charge in [-0.15, -0.1) is 12.4 Å². The highest BCUT2D eigenvalue weighted by atomic mass is 79.9. The number of hydrogen-bond donors (Lipinski definition) is 1. The SMILES string of the molecule is Brc1cccc(OC2CCN(CC3CCNCC3)CC2)c1.Cl. The largest absolute Gasteiger partial charge is 0.490 e. The van der Waals surface area contributed by atoms with Gasteiger partial charge in [0.1, 0.15) is 11.9 Å². The van der Waals surface area contributed by atoms with Gasteiger partial charge in [0.2, 0.25) is 0 Å². The van der Waals surface area contributed by atoms with Gasteiger partial charge >= 0.3 is 0 Å². The molecular weight excluding hydrogens is 364 g/mol. The molecule has 2 fully saturated rings. The topological polar surface area (TPSA) is 24.5 Å². The highest BCUT2D eigenvalue weighted by molar-refractivity contribution is 9.10. The fourth-order valence-electron chi connectivity index (χ4n) is 3.37. The Bertz CT molecular complexity index is 446. The van der Waals surface area contributed by atoms with Crippen molar-refractivity contribution >= 4 is 28.3 Å². The first kappa shape index (κ1) is 18.1. The molecule has 2 saturated heterocycles. The molecule has 22 heavy (non-hydrogen) atoms. The van der Waals surface area contributed by atoms with Gasteiger partial charge in [-0.25, -0.2) is 0 Å². The van der Waals surface area contributed by atoms with Crippen molar-refractivity contribution < 1.29 is 4.74 Å². The second-order valence-electron chi connectivity index (χ2n) is 6.27. The Labute approximate surface area is 148 Å². The molecule has 0 spiro atoms. The summed E-state index contributed by atoms with van der Waals surface area (Å²) in [4.78, 5) is 2.64. The molecule has 1 N–H and O–H groups in total. The normalized spacial score (nSPS) is 21.3. The van der Waals surface area contributed by atoms with Crippen molar-refractivity contribution in [2.75, 3.05) is 32.7 Å². The maximum absolute atomic E-state index is 6.11. The maximum atomic E-state index is 6.11. The zero-order valence-corrected chi connectivity index (χ0v) is 15.4. The molecule has 0 radical (unpaired) electrons. The van der Waals surface area contributed by atoms with Crippen LogP contribution in [-0.2, 0) is 0 Å². The van der Waals surface area contributed by atoms with Gasteiger partial charge < -0.3 is 15.0 Å². The van der Waals surface area contributed by atoms with Gasteiger partial charge in [0.25, 0.3) is 0 Å². The molecule has 0 amide bonds. The van der Waals surface area contributed by atoms with Gasteiger partial charge in [0.15, 0.2) is 0 Å². The van der Waals surface area contributed by atoms with Crippen LogP contribution in [0.25, 0.3) is 0 Å². The fourth-order valence-corrected chi connectivity index (χ4v) is 3.75. The summed E-state index contributed by atoms with van der Waals surface area (Å²) in [7, 11) is 0. The van der Waals surface area contributed by atoms with Crippen molar-refractivity contribution in [3.05, 3.63) is 28.7 Å². The Morgan fingerprint density at radius 1 is 1.14 bits per heavy atom. The molecule has 0 atom stereocenters. The molecule has 0 aromatic heterocycles. The molecule has 2 aliphatic heterocycles. The van der Waals surface area contributed by atoms with Crippen molar-refractivity contribution in [1.29, 1.82) is 0 Å². The van der Waals surface area contributed by atoms with E-state index in [1.54, 1.807) is 0 Å². The molecule has 1 aromatic rings. The van der Waals surface area contributed by atoms with Crippen LogP contribution >= 0.6 is 28.3 Å². The van der Waals surface area contributed by atoms with E-state index in [1.165, 1.54) is 45.6 Å². The Hall–Kier alpha value is -0.290. The summed E-state index contributed by atoms with van der Waals surface area (Å²) in [6, 6.07) is 8.17. The van der Waals surface area contributed by atoms with Crippen LogP contribution in [0.3, 0.4) is 0 Å². The van der Waals surface area contributed by atoms with E-state index in [4.69, 9.17) is 4.74 Å². The van der Waals surface area contributed by atoms with Gasteiger partial charge in [-0.2, -0.15) is 0 Å². The summed E-state index contributed by atoms with van der Waals surface area (Å²) < 4.78 is 7.19. The van der Waals surface area contributed by atoms with Crippen molar-refractivity contribution in [3.63, 3.8) is 0 Å². The molecule has 3 nitrogen and oxygen atoms in total. The van der Waals surface area contributed by atoms with Crippen LogP contribution in [0, 0.1) is 5.92 Å². The van der Waals surface area contributed by atoms with E-state index in [2.05, 4.69) is 32.2 Å². The molecule has 2 aliphatic rings. The van der Waals surface area contributed by atoms with Crippen LogP contribution < -0.4 is 10.1 Å². The number of rotatable bonds is 4. The third-order valence-corrected chi connectivity index (χ3v) is 5.10. The summed E-state index contributed by atoms with van der Waals surface area (Å²) in [5.74, 6) is 1.88. The van der Waals surface area contributed by atoms with Gasteiger partial charge in [-0.05, 0) is 62.9 Å². The Kier molecular flexibility index (Phi) is 7.48. The van der Waals surface area contributed by atoms with E-state index in [1.807, 2.05) is 18.2 Å². The molecule has 0 bridgehead atoms. The van der Waals surface area contributed by atoms with Crippen LogP contribution in [0.4, 0.5) is 0 Å². The van der Waals surface area contributed by atoms with Crippen LogP contribution in [0.2, 0.25) is 0 Å². The standard InChI is InChI=1S/C17H25BrN2O.ClH/c18-15-2-1-3-17(12-15)21-16-6-10-20(11-7-16)13-14-4-8-19-9-5-14;/h1-3,12,14,16,19H,4-11,13H2;1H. The molecular formula is C17H26BrClN2O. The molecule has 2 heterocycles. The van der Waals surface area contributed by atoms with Crippen molar-refractivity contribution in [2.24, 2.45) is 5.92 Å². The van der Waals surface area contributed by atoms with Gasteiger partial charge in [0, 0.05) is 24.1 Å². The first-order valence-electron chi connectivity index (χ1n) is 8.15. The number of piperidine rings is 2. The number of nitrogens with zero attached hydrogens (tertiary/aromatic N) is 1. The van der Waals surface area contributed by atoms with E-state index in [0.29, 0.717) is 6.10 Å². The molecule has 0 unspecified atom stereocenters. The van der Waals surface area contributed by atoms with Crippen molar-refractivity contribution in [1.82, 2.24) is 10.2 Å². The summed E-state index contributed by atoms with van der Waals surface area (Å²) in [5, 5.41) is 3.45. The zero-order chi connectivity index (χ0) is 14.5. The number of hydrogen-bond acceptors (Lipinski definition) is 3. The van der Waals surface area contributed by atoms with Crippen LogP contribution in [0.5, 0.6) is 5.75 Å². The third kappa shape index (κ3) is 5.41. The molecule has 3 rings (SSSR count). The van der Waals surface area contributed by atoms with Crippen molar-refractivity contribution in [2.45, 2.75) is 31.8 Å². The Morgan fingerprint density at radius 2 is 1.86 bits per heavy atom. The quantitative estimate of drug-likeness (QED) is 0.849. The molecule has 0 aliphatic carbocycles. The van der Waals surface area contributed by atoms with E-state index in [9.17, 15) is 0 Å². The summed E-state index contributed by atoms with van der Waals surface area (Å²) in [6.07, 6.45) is 5.36. The summed E-state index contributed by atoms with van der Waals surface area (Å²) in [6.45, 7) is 6.05. The lowest BCUT2D eigenvalue weighted by Crippen LogP contribution is -2.42. The fraction of sp³-hybridized carbons (Fsp3) is 0.647. The van der Waals surface area contributed by atoms with Crippen molar-refractivity contribution in [3.8, 4) is 5.75 Å². The minimum Gasteiger partial charge on any atom is -0.490 e. The number of benzene rings is 1. The Balaban J connectivity index is 0.00000176. The number of likely N-dealkylation sites (tertiary alicyclic amines) is 1. The zero-order valence-electron chi connectivity index (χ0n) is 13.0. The highest BCUT2D eigenvalue weighted by Crippen LogP contribution is 2.23. The number of ether oxygens (including phenoxy) is 1. The summed E-state index contributed by atoms with van der Waals surface area (Å²) in [5.41, 5.74) is 0.